The Bertz CT molecular complexity index is 423. The van der Waals surface area contributed by atoms with E-state index in [4.69, 9.17) is 0 Å². The average molecular weight is 238 g/mol. The molecule has 0 saturated heterocycles. The van der Waals surface area contributed by atoms with E-state index in [1.165, 1.54) is 11.5 Å². The highest BCUT2D eigenvalue weighted by Gasteiger charge is 2.15. The third kappa shape index (κ3) is 2.61. The van der Waals surface area contributed by atoms with Gasteiger partial charge < -0.3 is 5.32 Å². The molecular formula is C9H14N6S. The number of rotatable bonds is 5. The minimum Gasteiger partial charge on any atom is -0.309 e. The smallest absolute Gasteiger partial charge is 0.0846 e. The van der Waals surface area contributed by atoms with Gasteiger partial charge in [-0.05, 0) is 18.1 Å². The topological polar surface area (TPSA) is 68.5 Å². The van der Waals surface area contributed by atoms with E-state index in [2.05, 4.69) is 32.1 Å². The lowest BCUT2D eigenvalue weighted by Crippen LogP contribution is -2.22. The van der Waals surface area contributed by atoms with Gasteiger partial charge in [-0.15, -0.1) is 10.2 Å². The van der Waals surface area contributed by atoms with E-state index < -0.39 is 0 Å². The summed E-state index contributed by atoms with van der Waals surface area (Å²) in [6.07, 6.45) is 4.54. The summed E-state index contributed by atoms with van der Waals surface area (Å²) in [4.78, 5) is 1.13. The first-order chi connectivity index (χ1) is 7.79. The first-order valence-electron chi connectivity index (χ1n) is 5.15. The molecule has 0 aromatic carbocycles. The fourth-order valence-electron chi connectivity index (χ4n) is 1.55. The molecule has 0 aliphatic heterocycles. The first-order valence-corrected chi connectivity index (χ1v) is 5.92. The first kappa shape index (κ1) is 11.2. The van der Waals surface area contributed by atoms with Crippen LogP contribution in [0.1, 0.15) is 23.5 Å². The average Bonchev–Trinajstić information content (AvgIpc) is 2.88. The van der Waals surface area contributed by atoms with Crippen molar-refractivity contribution in [3.8, 4) is 0 Å². The Morgan fingerprint density at radius 3 is 3.00 bits per heavy atom. The zero-order valence-electron chi connectivity index (χ0n) is 9.29. The molecule has 0 aliphatic rings. The third-order valence-corrected chi connectivity index (χ3v) is 3.01. The van der Waals surface area contributed by atoms with Crippen molar-refractivity contribution in [2.24, 2.45) is 7.05 Å². The van der Waals surface area contributed by atoms with Gasteiger partial charge in [-0.1, -0.05) is 16.6 Å². The van der Waals surface area contributed by atoms with E-state index in [0.717, 1.165) is 23.5 Å². The van der Waals surface area contributed by atoms with Crippen molar-refractivity contribution >= 4 is 11.5 Å². The van der Waals surface area contributed by atoms with Crippen LogP contribution in [0.3, 0.4) is 0 Å². The Balaban J connectivity index is 2.09. The molecule has 1 unspecified atom stereocenters. The number of hydrogen-bond acceptors (Lipinski definition) is 6. The lowest BCUT2D eigenvalue weighted by atomic mass is 10.1. The van der Waals surface area contributed by atoms with Gasteiger partial charge in [0.05, 0.1) is 22.8 Å². The number of aryl methyl sites for hydroxylation is 1. The van der Waals surface area contributed by atoms with Crippen LogP contribution in [0.5, 0.6) is 0 Å². The second-order valence-corrected chi connectivity index (χ2v) is 4.34. The zero-order valence-corrected chi connectivity index (χ0v) is 10.1. The van der Waals surface area contributed by atoms with Crippen molar-refractivity contribution < 1.29 is 0 Å². The molecule has 2 heterocycles. The molecule has 2 rings (SSSR count). The van der Waals surface area contributed by atoms with E-state index in [9.17, 15) is 0 Å². The van der Waals surface area contributed by atoms with Crippen molar-refractivity contribution in [2.75, 3.05) is 6.54 Å². The Morgan fingerprint density at radius 2 is 2.44 bits per heavy atom. The van der Waals surface area contributed by atoms with Crippen molar-refractivity contribution in [3.63, 3.8) is 0 Å². The third-order valence-electron chi connectivity index (χ3n) is 2.24. The molecular weight excluding hydrogens is 224 g/mol. The number of nitrogens with zero attached hydrogens (tertiary/aromatic N) is 5. The van der Waals surface area contributed by atoms with Crippen LogP contribution in [-0.2, 0) is 13.5 Å². The monoisotopic (exact) mass is 238 g/mol. The van der Waals surface area contributed by atoms with Gasteiger partial charge in [0.15, 0.2) is 0 Å². The molecule has 0 saturated carbocycles. The summed E-state index contributed by atoms with van der Waals surface area (Å²) in [6, 6.07) is 0.224. The van der Waals surface area contributed by atoms with Crippen LogP contribution in [0.4, 0.5) is 0 Å². The van der Waals surface area contributed by atoms with Gasteiger partial charge >= 0.3 is 0 Å². The molecule has 0 aliphatic carbocycles. The molecule has 2 aromatic heterocycles. The second kappa shape index (κ2) is 5.13. The molecule has 6 nitrogen and oxygen atoms in total. The summed E-state index contributed by atoms with van der Waals surface area (Å²) >= 11 is 1.42. The number of aromatic nitrogens is 5. The van der Waals surface area contributed by atoms with Gasteiger partial charge in [-0.3, -0.25) is 4.68 Å². The van der Waals surface area contributed by atoms with Gasteiger partial charge in [0.1, 0.15) is 0 Å². The number of hydrogen-bond donors (Lipinski definition) is 1. The summed E-state index contributed by atoms with van der Waals surface area (Å²) in [6.45, 7) is 2.99. The van der Waals surface area contributed by atoms with Crippen LogP contribution in [-0.4, -0.2) is 31.1 Å². The standard InChI is InChI=1S/C9H14N6S/c1-3-10-8(9-5-11-14-16-9)4-7-6-15(2)13-12-7/h5-6,8,10H,3-4H2,1-2H3. The maximum atomic E-state index is 4.08. The quantitative estimate of drug-likeness (QED) is 0.824. The van der Waals surface area contributed by atoms with E-state index in [1.807, 2.05) is 13.2 Å². The maximum absolute atomic E-state index is 4.08. The second-order valence-electron chi connectivity index (χ2n) is 3.52. The van der Waals surface area contributed by atoms with Crippen LogP contribution >= 0.6 is 11.5 Å². The fraction of sp³-hybridized carbons (Fsp3) is 0.556. The summed E-state index contributed by atoms with van der Waals surface area (Å²) in [7, 11) is 1.87. The summed E-state index contributed by atoms with van der Waals surface area (Å²) in [5.74, 6) is 0. The Labute approximate surface area is 97.8 Å². The highest BCUT2D eigenvalue weighted by atomic mass is 32.1. The molecule has 16 heavy (non-hydrogen) atoms. The number of nitrogens with one attached hydrogen (secondary N) is 1. The Hall–Kier alpha value is -1.34. The fourth-order valence-corrected chi connectivity index (χ4v) is 2.12. The molecule has 86 valence electrons. The minimum absolute atomic E-state index is 0.224. The van der Waals surface area contributed by atoms with E-state index in [0.29, 0.717) is 0 Å². The predicted molar refractivity (Wildman–Crippen MR) is 61.0 cm³/mol. The van der Waals surface area contributed by atoms with Crippen molar-refractivity contribution in [3.05, 3.63) is 23.0 Å². The Morgan fingerprint density at radius 1 is 1.56 bits per heavy atom. The molecule has 1 N–H and O–H groups in total. The lowest BCUT2D eigenvalue weighted by Gasteiger charge is -2.13. The summed E-state index contributed by atoms with van der Waals surface area (Å²) in [5, 5.41) is 15.3. The van der Waals surface area contributed by atoms with Gasteiger partial charge in [-0.25, -0.2) is 0 Å². The van der Waals surface area contributed by atoms with Gasteiger partial charge in [0.2, 0.25) is 0 Å². The van der Waals surface area contributed by atoms with Crippen molar-refractivity contribution in [1.82, 2.24) is 29.9 Å². The molecule has 0 fully saturated rings. The molecule has 2 aromatic rings. The van der Waals surface area contributed by atoms with Crippen LogP contribution < -0.4 is 5.32 Å². The van der Waals surface area contributed by atoms with Gasteiger partial charge in [0, 0.05) is 19.7 Å². The SMILES string of the molecule is CCNC(Cc1cn(C)nn1)c1cnns1. The lowest BCUT2D eigenvalue weighted by molar-refractivity contribution is 0.551. The van der Waals surface area contributed by atoms with E-state index >= 15 is 0 Å². The highest BCUT2D eigenvalue weighted by molar-refractivity contribution is 7.05. The van der Waals surface area contributed by atoms with Crippen LogP contribution in [0.25, 0.3) is 0 Å². The molecule has 1 atom stereocenters. The maximum Gasteiger partial charge on any atom is 0.0846 e. The normalized spacial score (nSPS) is 12.9. The summed E-state index contributed by atoms with van der Waals surface area (Å²) < 4.78 is 5.59. The van der Waals surface area contributed by atoms with E-state index in [1.54, 1.807) is 10.9 Å². The van der Waals surface area contributed by atoms with Gasteiger partial charge in [-0.2, -0.15) is 0 Å². The Kier molecular flexibility index (Phi) is 3.58. The predicted octanol–water partition coefficient (Wildman–Crippen LogP) is 0.560. The minimum atomic E-state index is 0.224. The highest BCUT2D eigenvalue weighted by Crippen LogP contribution is 2.18. The van der Waals surface area contributed by atoms with E-state index in [-0.39, 0.29) is 6.04 Å². The number of likely N-dealkylation sites (N-methyl/N-ethyl adjacent to an activating group) is 1. The van der Waals surface area contributed by atoms with Crippen LogP contribution in [0, 0.1) is 0 Å². The molecule has 0 spiro atoms. The summed E-state index contributed by atoms with van der Waals surface area (Å²) in [5.41, 5.74) is 0.974. The van der Waals surface area contributed by atoms with Crippen LogP contribution in [0.15, 0.2) is 12.4 Å². The molecule has 7 heteroatoms. The zero-order chi connectivity index (χ0) is 11.4. The molecule has 0 bridgehead atoms. The van der Waals surface area contributed by atoms with Crippen molar-refractivity contribution in [2.45, 2.75) is 19.4 Å². The molecule has 0 radical (unpaired) electrons. The molecule has 0 amide bonds. The van der Waals surface area contributed by atoms with Crippen molar-refractivity contribution in [1.29, 1.82) is 0 Å². The van der Waals surface area contributed by atoms with Crippen LogP contribution in [0.2, 0.25) is 0 Å². The van der Waals surface area contributed by atoms with Gasteiger partial charge in [0.25, 0.3) is 0 Å². The largest absolute Gasteiger partial charge is 0.309 e.